The number of nitriles is 1. The summed E-state index contributed by atoms with van der Waals surface area (Å²) in [5.41, 5.74) is 9.47. The lowest BCUT2D eigenvalue weighted by Gasteiger charge is -2.13. The quantitative estimate of drug-likeness (QED) is 0.804. The zero-order chi connectivity index (χ0) is 15.5. The topological polar surface area (TPSA) is 62.7 Å². The van der Waals surface area contributed by atoms with E-state index in [9.17, 15) is 9.65 Å². The number of pyridine rings is 1. The Kier molecular flexibility index (Phi) is 3.82. The number of hydrogen-bond acceptors (Lipinski definition) is 3. The van der Waals surface area contributed by atoms with Gasteiger partial charge in [0.2, 0.25) is 0 Å². The molecule has 0 saturated heterocycles. The molecule has 1 aromatic heterocycles. The van der Waals surface area contributed by atoms with Crippen molar-refractivity contribution in [3.05, 3.63) is 65.6 Å². The Labute approximate surface area is 127 Å². The van der Waals surface area contributed by atoms with Crippen LogP contribution in [0, 0.1) is 17.1 Å². The molecule has 0 atom stereocenters. The van der Waals surface area contributed by atoms with Gasteiger partial charge in [-0.3, -0.25) is 4.98 Å². The van der Waals surface area contributed by atoms with Crippen LogP contribution >= 0.6 is 0 Å². The first-order valence-electron chi connectivity index (χ1n) is 7.01. The van der Waals surface area contributed by atoms with E-state index in [4.69, 9.17) is 5.73 Å². The molecule has 108 valence electrons. The van der Waals surface area contributed by atoms with E-state index >= 15 is 0 Å². The Bertz CT molecular complexity index is 881. The van der Waals surface area contributed by atoms with Crippen molar-refractivity contribution in [1.29, 1.82) is 5.26 Å². The Morgan fingerprint density at radius 1 is 1.18 bits per heavy atom. The fourth-order valence-electron chi connectivity index (χ4n) is 2.71. The van der Waals surface area contributed by atoms with Crippen molar-refractivity contribution in [2.75, 3.05) is 6.54 Å². The Morgan fingerprint density at radius 2 is 2.05 bits per heavy atom. The van der Waals surface area contributed by atoms with Crippen LogP contribution in [0.3, 0.4) is 0 Å². The number of hydrogen-bond donors (Lipinski definition) is 1. The summed E-state index contributed by atoms with van der Waals surface area (Å²) in [6.45, 7) is 0.450. The van der Waals surface area contributed by atoms with Crippen molar-refractivity contribution in [2.24, 2.45) is 5.73 Å². The second kappa shape index (κ2) is 5.92. The number of benzene rings is 2. The molecule has 0 aliphatic carbocycles. The molecule has 2 N–H and O–H groups in total. The maximum atomic E-state index is 13.6. The van der Waals surface area contributed by atoms with Crippen molar-refractivity contribution >= 4 is 10.9 Å². The molecule has 0 saturated carbocycles. The predicted octanol–water partition coefficient (Wildman–Crippen LogP) is 3.41. The monoisotopic (exact) mass is 291 g/mol. The van der Waals surface area contributed by atoms with E-state index in [1.54, 1.807) is 18.3 Å². The standard InChI is InChI=1S/C18H14FN3/c19-15-4-1-3-12(10-15)17-13(6-7-20)9-14(11-21)16-5-2-8-22-18(16)17/h1-5,8-10H,6-7,20H2. The van der Waals surface area contributed by atoms with Crippen molar-refractivity contribution in [2.45, 2.75) is 6.42 Å². The number of nitrogens with two attached hydrogens (primary N) is 1. The molecule has 3 nitrogen and oxygen atoms in total. The van der Waals surface area contributed by atoms with Crippen LogP contribution in [-0.4, -0.2) is 11.5 Å². The van der Waals surface area contributed by atoms with Crippen molar-refractivity contribution in [3.8, 4) is 17.2 Å². The van der Waals surface area contributed by atoms with Crippen LogP contribution in [-0.2, 0) is 6.42 Å². The molecule has 0 fully saturated rings. The third-order valence-corrected chi connectivity index (χ3v) is 3.62. The second-order valence-electron chi connectivity index (χ2n) is 5.02. The highest BCUT2D eigenvalue weighted by Crippen LogP contribution is 2.33. The molecular weight excluding hydrogens is 277 g/mol. The minimum Gasteiger partial charge on any atom is -0.330 e. The van der Waals surface area contributed by atoms with E-state index in [0.717, 1.165) is 22.1 Å². The molecule has 0 unspecified atom stereocenters. The molecule has 0 bridgehead atoms. The number of aromatic nitrogens is 1. The SMILES string of the molecule is N#Cc1cc(CCN)c(-c2cccc(F)c2)c2ncccc12. The number of nitrogens with zero attached hydrogens (tertiary/aromatic N) is 2. The van der Waals surface area contributed by atoms with Crippen LogP contribution in [0.2, 0.25) is 0 Å². The smallest absolute Gasteiger partial charge is 0.123 e. The Balaban J connectivity index is 2.41. The van der Waals surface area contributed by atoms with Gasteiger partial charge < -0.3 is 5.73 Å². The molecule has 3 aromatic rings. The molecule has 4 heteroatoms. The molecule has 0 radical (unpaired) electrons. The first kappa shape index (κ1) is 14.2. The summed E-state index contributed by atoms with van der Waals surface area (Å²) in [5, 5.41) is 10.1. The lowest BCUT2D eigenvalue weighted by Crippen LogP contribution is -2.05. The summed E-state index contributed by atoms with van der Waals surface area (Å²) in [6, 6.07) is 14.1. The molecule has 0 aliphatic heterocycles. The highest BCUT2D eigenvalue weighted by atomic mass is 19.1. The van der Waals surface area contributed by atoms with Crippen LogP contribution < -0.4 is 5.73 Å². The van der Waals surface area contributed by atoms with Crippen LogP contribution in [0.5, 0.6) is 0 Å². The molecule has 3 rings (SSSR count). The molecule has 0 amide bonds. The zero-order valence-electron chi connectivity index (χ0n) is 11.9. The van der Waals surface area contributed by atoms with Crippen molar-refractivity contribution < 1.29 is 4.39 Å². The van der Waals surface area contributed by atoms with E-state index in [1.165, 1.54) is 12.1 Å². The summed E-state index contributed by atoms with van der Waals surface area (Å²) in [4.78, 5) is 4.42. The largest absolute Gasteiger partial charge is 0.330 e. The van der Waals surface area contributed by atoms with E-state index in [1.807, 2.05) is 18.2 Å². The summed E-state index contributed by atoms with van der Waals surface area (Å²) in [6.07, 6.45) is 2.28. The predicted molar refractivity (Wildman–Crippen MR) is 84.6 cm³/mol. The maximum Gasteiger partial charge on any atom is 0.123 e. The third-order valence-electron chi connectivity index (χ3n) is 3.62. The first-order chi connectivity index (χ1) is 10.7. The summed E-state index contributed by atoms with van der Waals surface area (Å²) >= 11 is 0. The van der Waals surface area contributed by atoms with Gasteiger partial charge in [-0.1, -0.05) is 12.1 Å². The molecule has 0 spiro atoms. The summed E-state index contributed by atoms with van der Waals surface area (Å²) in [7, 11) is 0. The number of halogens is 1. The molecule has 22 heavy (non-hydrogen) atoms. The fourth-order valence-corrected chi connectivity index (χ4v) is 2.71. The minimum atomic E-state index is -0.301. The van der Waals surface area contributed by atoms with E-state index < -0.39 is 0 Å². The van der Waals surface area contributed by atoms with Gasteiger partial charge in [-0.2, -0.15) is 5.26 Å². The van der Waals surface area contributed by atoms with Crippen LogP contribution in [0.4, 0.5) is 4.39 Å². The first-order valence-corrected chi connectivity index (χ1v) is 7.01. The molecule has 2 aromatic carbocycles. The second-order valence-corrected chi connectivity index (χ2v) is 5.02. The molecule has 1 heterocycles. The lowest BCUT2D eigenvalue weighted by molar-refractivity contribution is 0.628. The van der Waals surface area contributed by atoms with Gasteiger partial charge in [-0.25, -0.2) is 4.39 Å². The average molecular weight is 291 g/mol. The van der Waals surface area contributed by atoms with Gasteiger partial charge in [0, 0.05) is 17.1 Å². The highest BCUT2D eigenvalue weighted by Gasteiger charge is 2.14. The average Bonchev–Trinajstić information content (AvgIpc) is 2.54. The summed E-state index contributed by atoms with van der Waals surface area (Å²) < 4.78 is 13.6. The van der Waals surface area contributed by atoms with Crippen LogP contribution in [0.1, 0.15) is 11.1 Å². The summed E-state index contributed by atoms with van der Waals surface area (Å²) in [5.74, 6) is -0.301. The minimum absolute atomic E-state index is 0.301. The Morgan fingerprint density at radius 3 is 2.77 bits per heavy atom. The zero-order valence-corrected chi connectivity index (χ0v) is 11.9. The van der Waals surface area contributed by atoms with Gasteiger partial charge in [0.25, 0.3) is 0 Å². The Hall–Kier alpha value is -2.77. The normalized spacial score (nSPS) is 10.6. The van der Waals surface area contributed by atoms with Gasteiger partial charge >= 0.3 is 0 Å². The van der Waals surface area contributed by atoms with Crippen molar-refractivity contribution in [1.82, 2.24) is 4.98 Å². The van der Waals surface area contributed by atoms with Crippen LogP contribution in [0.25, 0.3) is 22.0 Å². The number of rotatable bonds is 3. The number of fused-ring (bicyclic) bond motifs is 1. The van der Waals surface area contributed by atoms with E-state index in [-0.39, 0.29) is 5.82 Å². The van der Waals surface area contributed by atoms with Crippen molar-refractivity contribution in [3.63, 3.8) is 0 Å². The highest BCUT2D eigenvalue weighted by molar-refractivity contribution is 5.98. The molecule has 0 aliphatic rings. The van der Waals surface area contributed by atoms with Gasteiger partial charge in [-0.05, 0) is 54.4 Å². The van der Waals surface area contributed by atoms with Gasteiger partial charge in [-0.15, -0.1) is 0 Å². The third kappa shape index (κ3) is 2.43. The fraction of sp³-hybridized carbons (Fsp3) is 0.111. The molecular formula is C18H14FN3. The lowest BCUT2D eigenvalue weighted by atomic mass is 9.92. The van der Waals surface area contributed by atoms with Gasteiger partial charge in [0.05, 0.1) is 17.1 Å². The maximum absolute atomic E-state index is 13.6. The van der Waals surface area contributed by atoms with Gasteiger partial charge in [0.1, 0.15) is 5.82 Å². The van der Waals surface area contributed by atoms with E-state index in [0.29, 0.717) is 24.0 Å². The van der Waals surface area contributed by atoms with Gasteiger partial charge in [0.15, 0.2) is 0 Å². The van der Waals surface area contributed by atoms with Crippen LogP contribution in [0.15, 0.2) is 48.7 Å². The van der Waals surface area contributed by atoms with E-state index in [2.05, 4.69) is 11.1 Å².